The van der Waals surface area contributed by atoms with E-state index in [9.17, 15) is 18.0 Å². The molecule has 0 fully saturated rings. The topological polar surface area (TPSA) is 92.8 Å². The number of rotatable bonds is 8. The summed E-state index contributed by atoms with van der Waals surface area (Å²) in [6.07, 6.45) is 1.75. The second-order valence-corrected chi connectivity index (χ2v) is 8.94. The Balaban J connectivity index is 2.15. The van der Waals surface area contributed by atoms with Crippen LogP contribution in [0.15, 0.2) is 47.4 Å². The number of nitrogens with zero attached hydrogens (tertiary/aromatic N) is 1. The first-order valence-corrected chi connectivity index (χ1v) is 10.7. The molecule has 156 valence electrons. The summed E-state index contributed by atoms with van der Waals surface area (Å²) in [5.74, 6) is -0.842. The minimum absolute atomic E-state index is 0.0448. The normalized spacial score (nSPS) is 11.3. The number of benzene rings is 2. The van der Waals surface area contributed by atoms with E-state index in [-0.39, 0.29) is 10.5 Å². The smallest absolute Gasteiger partial charge is 0.338 e. The number of anilines is 1. The summed E-state index contributed by atoms with van der Waals surface area (Å²) in [5.41, 5.74) is 1.79. The van der Waals surface area contributed by atoms with Gasteiger partial charge in [-0.25, -0.2) is 17.5 Å². The van der Waals surface area contributed by atoms with Gasteiger partial charge in [-0.15, -0.1) is 0 Å². The summed E-state index contributed by atoms with van der Waals surface area (Å²) >= 11 is 0. The van der Waals surface area contributed by atoms with Crippen LogP contribution in [0.25, 0.3) is 0 Å². The molecule has 0 aromatic heterocycles. The summed E-state index contributed by atoms with van der Waals surface area (Å²) in [4.78, 5) is 24.6. The predicted octanol–water partition coefficient (Wildman–Crippen LogP) is 3.45. The molecule has 0 atom stereocenters. The Hall–Kier alpha value is -2.71. The molecule has 29 heavy (non-hydrogen) atoms. The zero-order valence-electron chi connectivity index (χ0n) is 17.1. The number of ether oxygens (including phenoxy) is 1. The fourth-order valence-corrected chi connectivity index (χ4v) is 3.43. The van der Waals surface area contributed by atoms with E-state index in [0.29, 0.717) is 23.4 Å². The minimum atomic E-state index is -3.65. The highest BCUT2D eigenvalue weighted by Gasteiger charge is 2.20. The van der Waals surface area contributed by atoms with Crippen LogP contribution in [0.5, 0.6) is 0 Å². The number of carbonyl (C=O) groups excluding carboxylic acids is 2. The van der Waals surface area contributed by atoms with E-state index in [2.05, 4.69) is 5.32 Å². The molecule has 1 N–H and O–H groups in total. The third kappa shape index (κ3) is 5.65. The van der Waals surface area contributed by atoms with Crippen molar-refractivity contribution < 1.29 is 22.7 Å². The Morgan fingerprint density at radius 1 is 1.07 bits per heavy atom. The van der Waals surface area contributed by atoms with Gasteiger partial charge in [0.15, 0.2) is 0 Å². The molecule has 2 aromatic rings. The van der Waals surface area contributed by atoms with E-state index in [4.69, 9.17) is 4.74 Å². The van der Waals surface area contributed by atoms with Gasteiger partial charge < -0.3 is 10.1 Å². The fourth-order valence-electron chi connectivity index (χ4n) is 2.50. The third-order valence-corrected chi connectivity index (χ3v) is 6.15. The van der Waals surface area contributed by atoms with Crippen molar-refractivity contribution in [3.05, 3.63) is 59.2 Å². The van der Waals surface area contributed by atoms with Crippen LogP contribution in [0.1, 0.15) is 46.0 Å². The highest BCUT2D eigenvalue weighted by atomic mass is 32.2. The molecule has 2 rings (SSSR count). The molecule has 8 heteroatoms. The van der Waals surface area contributed by atoms with Gasteiger partial charge in [-0.2, -0.15) is 0 Å². The number of esters is 1. The molecule has 2 aromatic carbocycles. The summed E-state index contributed by atoms with van der Waals surface area (Å²) in [7, 11) is -0.777. The largest absolute Gasteiger partial charge is 0.462 e. The number of amides is 1. The Morgan fingerprint density at radius 3 is 2.31 bits per heavy atom. The van der Waals surface area contributed by atoms with Crippen LogP contribution in [-0.2, 0) is 14.8 Å². The van der Waals surface area contributed by atoms with Crippen LogP contribution in [0.2, 0.25) is 0 Å². The van der Waals surface area contributed by atoms with Crippen LogP contribution in [0.3, 0.4) is 0 Å². The van der Waals surface area contributed by atoms with E-state index in [0.717, 1.165) is 17.1 Å². The lowest BCUT2D eigenvalue weighted by Gasteiger charge is -2.14. The van der Waals surface area contributed by atoms with Gasteiger partial charge in [0.25, 0.3) is 5.91 Å². The molecule has 0 bridgehead atoms. The first-order valence-electron chi connectivity index (χ1n) is 9.28. The molecule has 7 nitrogen and oxygen atoms in total. The van der Waals surface area contributed by atoms with Crippen molar-refractivity contribution in [2.24, 2.45) is 0 Å². The highest BCUT2D eigenvalue weighted by Crippen LogP contribution is 2.20. The zero-order valence-corrected chi connectivity index (χ0v) is 17.9. The summed E-state index contributed by atoms with van der Waals surface area (Å²) in [6, 6.07) is 10.8. The number of hydrogen-bond donors (Lipinski definition) is 1. The summed E-state index contributed by atoms with van der Waals surface area (Å²) < 4.78 is 30.9. The van der Waals surface area contributed by atoms with Crippen LogP contribution in [0.4, 0.5) is 5.69 Å². The maximum absolute atomic E-state index is 12.7. The maximum Gasteiger partial charge on any atom is 0.338 e. The Bertz CT molecular complexity index is 983. The first-order chi connectivity index (χ1) is 13.7. The van der Waals surface area contributed by atoms with Crippen LogP contribution >= 0.6 is 0 Å². The van der Waals surface area contributed by atoms with Gasteiger partial charge in [0.05, 0.1) is 17.1 Å². The number of hydrogen-bond acceptors (Lipinski definition) is 5. The Kier molecular flexibility index (Phi) is 7.53. The third-order valence-electron chi connectivity index (χ3n) is 4.34. The molecule has 0 saturated carbocycles. The van der Waals surface area contributed by atoms with Gasteiger partial charge in [-0.05, 0) is 55.3 Å². The van der Waals surface area contributed by atoms with Crippen molar-refractivity contribution in [1.82, 2.24) is 4.31 Å². The van der Waals surface area contributed by atoms with E-state index in [1.54, 1.807) is 37.3 Å². The lowest BCUT2D eigenvalue weighted by Crippen LogP contribution is -2.23. The molecule has 0 spiro atoms. The molecule has 0 aliphatic rings. The SMILES string of the molecule is CCCCOC(=O)c1ccc(NC(=O)c2cc(S(=O)(=O)N(C)C)ccc2C)cc1. The van der Waals surface area contributed by atoms with Gasteiger partial charge in [-0.1, -0.05) is 19.4 Å². The number of sulfonamides is 1. The van der Waals surface area contributed by atoms with Crippen LogP contribution < -0.4 is 5.32 Å². The fraction of sp³-hybridized carbons (Fsp3) is 0.333. The van der Waals surface area contributed by atoms with Crippen molar-refractivity contribution >= 4 is 27.6 Å². The average molecular weight is 419 g/mol. The predicted molar refractivity (Wildman–Crippen MR) is 112 cm³/mol. The number of carbonyl (C=O) groups is 2. The summed E-state index contributed by atoms with van der Waals surface area (Å²) in [5, 5.41) is 2.73. The average Bonchev–Trinajstić information content (AvgIpc) is 2.68. The lowest BCUT2D eigenvalue weighted by atomic mass is 10.1. The molecular formula is C21H26N2O5S. The van der Waals surface area contributed by atoms with E-state index in [1.807, 2.05) is 6.92 Å². The monoisotopic (exact) mass is 418 g/mol. The standard InChI is InChI=1S/C21H26N2O5S/c1-5-6-13-28-21(25)16-8-10-17(11-9-16)22-20(24)19-14-18(12-7-15(19)2)29(26,27)23(3)4/h7-12,14H,5-6,13H2,1-4H3,(H,22,24). The number of nitrogens with one attached hydrogen (secondary N) is 1. The van der Waals surface area contributed by atoms with E-state index >= 15 is 0 Å². The van der Waals surface area contributed by atoms with Crippen molar-refractivity contribution in [2.75, 3.05) is 26.0 Å². The lowest BCUT2D eigenvalue weighted by molar-refractivity contribution is 0.0499. The van der Waals surface area contributed by atoms with Gasteiger partial charge in [0.2, 0.25) is 10.0 Å². The molecule has 0 aliphatic heterocycles. The number of aryl methyl sites for hydroxylation is 1. The first kappa shape index (κ1) is 22.6. The maximum atomic E-state index is 12.7. The van der Waals surface area contributed by atoms with Gasteiger partial charge in [0, 0.05) is 25.3 Å². The second-order valence-electron chi connectivity index (χ2n) is 6.79. The molecular weight excluding hydrogens is 392 g/mol. The zero-order chi connectivity index (χ0) is 21.6. The minimum Gasteiger partial charge on any atom is -0.462 e. The van der Waals surface area contributed by atoms with Crippen molar-refractivity contribution in [1.29, 1.82) is 0 Å². The van der Waals surface area contributed by atoms with Crippen molar-refractivity contribution in [2.45, 2.75) is 31.6 Å². The van der Waals surface area contributed by atoms with Gasteiger partial charge in [-0.3, -0.25) is 4.79 Å². The van der Waals surface area contributed by atoms with Gasteiger partial charge in [0.1, 0.15) is 0 Å². The number of unbranched alkanes of at least 4 members (excludes halogenated alkanes) is 1. The molecule has 0 unspecified atom stereocenters. The Morgan fingerprint density at radius 2 is 1.72 bits per heavy atom. The van der Waals surface area contributed by atoms with Crippen LogP contribution in [-0.4, -0.2) is 45.3 Å². The molecule has 0 heterocycles. The van der Waals surface area contributed by atoms with E-state index < -0.39 is 21.9 Å². The van der Waals surface area contributed by atoms with E-state index in [1.165, 1.54) is 26.2 Å². The second kappa shape index (κ2) is 9.67. The molecule has 0 radical (unpaired) electrons. The van der Waals surface area contributed by atoms with Crippen molar-refractivity contribution in [3.63, 3.8) is 0 Å². The quantitative estimate of drug-likeness (QED) is 0.524. The summed E-state index contributed by atoms with van der Waals surface area (Å²) in [6.45, 7) is 4.12. The Labute approximate surface area is 171 Å². The van der Waals surface area contributed by atoms with Crippen LogP contribution in [0, 0.1) is 6.92 Å². The van der Waals surface area contributed by atoms with Crippen molar-refractivity contribution in [3.8, 4) is 0 Å². The van der Waals surface area contributed by atoms with Gasteiger partial charge >= 0.3 is 5.97 Å². The highest BCUT2D eigenvalue weighted by molar-refractivity contribution is 7.89. The molecule has 0 aliphatic carbocycles. The molecule has 1 amide bonds. The molecule has 0 saturated heterocycles.